The average molecular weight is 348 g/mol. The molecule has 0 bridgehead atoms. The Morgan fingerprint density at radius 1 is 1.50 bits per heavy atom. The lowest BCUT2D eigenvalue weighted by molar-refractivity contribution is 0.00528. The Bertz CT molecular complexity index is 525. The minimum absolute atomic E-state index is 0.104. The van der Waals surface area contributed by atoms with Crippen LogP contribution in [0, 0.1) is 11.6 Å². The van der Waals surface area contributed by atoms with Crippen LogP contribution >= 0.6 is 15.9 Å². The first kappa shape index (κ1) is 15.2. The van der Waals surface area contributed by atoms with E-state index in [1.165, 1.54) is 0 Å². The quantitative estimate of drug-likeness (QED) is 0.507. The van der Waals surface area contributed by atoms with E-state index in [-0.39, 0.29) is 12.6 Å². The lowest BCUT2D eigenvalue weighted by atomic mass is 10.2. The third-order valence-corrected chi connectivity index (χ3v) is 3.80. The van der Waals surface area contributed by atoms with E-state index < -0.39 is 11.6 Å². The summed E-state index contributed by atoms with van der Waals surface area (Å²) in [4.78, 5) is 6.15. The van der Waals surface area contributed by atoms with Gasteiger partial charge >= 0.3 is 0 Å². The molecule has 1 heterocycles. The third-order valence-electron chi connectivity index (χ3n) is 3.07. The summed E-state index contributed by atoms with van der Waals surface area (Å²) in [5.74, 6) is -1.40. The minimum Gasteiger partial charge on any atom is -0.375 e. The van der Waals surface area contributed by atoms with E-state index in [9.17, 15) is 8.78 Å². The molecule has 0 radical (unpaired) electrons. The van der Waals surface area contributed by atoms with Crippen LogP contribution in [-0.2, 0) is 11.3 Å². The third kappa shape index (κ3) is 3.67. The van der Waals surface area contributed by atoms with Crippen molar-refractivity contribution in [1.29, 1.82) is 0 Å². The number of guanidine groups is 1. The normalized spacial score (nSPS) is 20.3. The van der Waals surface area contributed by atoms with Gasteiger partial charge in [0.1, 0.15) is 0 Å². The Kier molecular flexibility index (Phi) is 4.93. The van der Waals surface area contributed by atoms with Gasteiger partial charge in [-0.15, -0.1) is 0 Å². The van der Waals surface area contributed by atoms with Crippen molar-refractivity contribution in [2.75, 3.05) is 19.7 Å². The first-order valence-electron chi connectivity index (χ1n) is 6.27. The standard InChI is InChI=1S/C13H16BrF2N3O/c1-8-7-19(2-3-20-8)13(17)18-6-9-4-11(15)12(16)5-10(9)14/h4-5,8H,2-3,6-7H2,1H3,(H2,17,18). The zero-order valence-electron chi connectivity index (χ0n) is 11.1. The van der Waals surface area contributed by atoms with Crippen LogP contribution in [0.1, 0.15) is 12.5 Å². The van der Waals surface area contributed by atoms with Crippen LogP contribution in [0.4, 0.5) is 8.78 Å². The van der Waals surface area contributed by atoms with E-state index in [4.69, 9.17) is 10.5 Å². The second-order valence-electron chi connectivity index (χ2n) is 4.66. The molecular weight excluding hydrogens is 332 g/mol. The van der Waals surface area contributed by atoms with Gasteiger partial charge in [0, 0.05) is 17.6 Å². The maximum absolute atomic E-state index is 13.2. The number of aliphatic imine (C=N–C) groups is 1. The molecule has 2 rings (SSSR count). The number of morpholine rings is 1. The SMILES string of the molecule is CC1CN(C(N)=NCc2cc(F)c(F)cc2Br)CCO1. The fraction of sp³-hybridized carbons (Fsp3) is 0.462. The summed E-state index contributed by atoms with van der Waals surface area (Å²) in [5.41, 5.74) is 6.46. The van der Waals surface area contributed by atoms with Crippen LogP contribution in [0.2, 0.25) is 0 Å². The number of nitrogens with zero attached hydrogens (tertiary/aromatic N) is 2. The number of ether oxygens (including phenoxy) is 1. The zero-order chi connectivity index (χ0) is 14.7. The zero-order valence-corrected chi connectivity index (χ0v) is 12.7. The molecule has 2 N–H and O–H groups in total. The number of halogens is 3. The fourth-order valence-corrected chi connectivity index (χ4v) is 2.42. The molecule has 0 amide bonds. The molecule has 1 aliphatic heterocycles. The lowest BCUT2D eigenvalue weighted by Crippen LogP contribution is -2.47. The van der Waals surface area contributed by atoms with Crippen molar-refractivity contribution in [1.82, 2.24) is 4.90 Å². The summed E-state index contributed by atoms with van der Waals surface area (Å²) in [6.07, 6.45) is 0.104. The van der Waals surface area contributed by atoms with Crippen molar-refractivity contribution in [2.24, 2.45) is 10.7 Å². The second kappa shape index (κ2) is 6.49. The van der Waals surface area contributed by atoms with Gasteiger partial charge in [-0.2, -0.15) is 0 Å². The summed E-state index contributed by atoms with van der Waals surface area (Å²) in [6.45, 7) is 4.11. The number of nitrogens with two attached hydrogens (primary N) is 1. The van der Waals surface area contributed by atoms with E-state index in [1.807, 2.05) is 11.8 Å². The van der Waals surface area contributed by atoms with Crippen molar-refractivity contribution in [3.05, 3.63) is 33.8 Å². The van der Waals surface area contributed by atoms with Crippen LogP contribution in [0.25, 0.3) is 0 Å². The summed E-state index contributed by atoms with van der Waals surface area (Å²) >= 11 is 3.19. The molecule has 0 spiro atoms. The summed E-state index contributed by atoms with van der Waals surface area (Å²) in [5, 5.41) is 0. The van der Waals surface area contributed by atoms with E-state index in [0.29, 0.717) is 35.7 Å². The van der Waals surface area contributed by atoms with Crippen LogP contribution in [-0.4, -0.2) is 36.7 Å². The van der Waals surface area contributed by atoms with E-state index in [0.717, 1.165) is 12.1 Å². The molecule has 1 aromatic carbocycles. The predicted molar refractivity (Wildman–Crippen MR) is 76.4 cm³/mol. The minimum atomic E-state index is -0.892. The Morgan fingerprint density at radius 2 is 2.20 bits per heavy atom. The Labute approximate surface area is 124 Å². The van der Waals surface area contributed by atoms with Crippen LogP contribution in [0.3, 0.4) is 0 Å². The van der Waals surface area contributed by atoms with Gasteiger partial charge < -0.3 is 15.4 Å². The van der Waals surface area contributed by atoms with Gasteiger partial charge in [-0.1, -0.05) is 15.9 Å². The average Bonchev–Trinajstić information content (AvgIpc) is 2.41. The lowest BCUT2D eigenvalue weighted by Gasteiger charge is -2.31. The first-order valence-corrected chi connectivity index (χ1v) is 7.06. The van der Waals surface area contributed by atoms with Crippen molar-refractivity contribution >= 4 is 21.9 Å². The highest BCUT2D eigenvalue weighted by atomic mass is 79.9. The number of hydrogen-bond acceptors (Lipinski definition) is 2. The molecule has 1 fully saturated rings. The van der Waals surface area contributed by atoms with Crippen LogP contribution in [0.5, 0.6) is 0 Å². The Hall–Kier alpha value is -1.21. The highest BCUT2D eigenvalue weighted by Gasteiger charge is 2.18. The number of benzene rings is 1. The maximum atomic E-state index is 13.2. The van der Waals surface area contributed by atoms with Gasteiger partial charge in [0.15, 0.2) is 17.6 Å². The molecule has 0 aliphatic carbocycles. The molecule has 1 atom stereocenters. The van der Waals surface area contributed by atoms with Crippen molar-refractivity contribution in [3.63, 3.8) is 0 Å². The van der Waals surface area contributed by atoms with Gasteiger partial charge in [-0.05, 0) is 24.6 Å². The number of rotatable bonds is 2. The summed E-state index contributed by atoms with van der Waals surface area (Å²) in [7, 11) is 0. The molecule has 1 aliphatic rings. The summed E-state index contributed by atoms with van der Waals surface area (Å²) in [6, 6.07) is 2.21. The first-order chi connectivity index (χ1) is 9.47. The Morgan fingerprint density at radius 3 is 2.90 bits per heavy atom. The van der Waals surface area contributed by atoms with Gasteiger partial charge in [-0.3, -0.25) is 0 Å². The highest BCUT2D eigenvalue weighted by molar-refractivity contribution is 9.10. The Balaban J connectivity index is 2.06. The molecule has 20 heavy (non-hydrogen) atoms. The molecule has 1 saturated heterocycles. The van der Waals surface area contributed by atoms with Gasteiger partial charge in [0.25, 0.3) is 0 Å². The molecule has 110 valence electrons. The van der Waals surface area contributed by atoms with E-state index in [2.05, 4.69) is 20.9 Å². The molecular formula is C13H16BrF2N3O. The topological polar surface area (TPSA) is 50.8 Å². The van der Waals surface area contributed by atoms with E-state index in [1.54, 1.807) is 0 Å². The summed E-state index contributed by atoms with van der Waals surface area (Å²) < 4.78 is 32.1. The predicted octanol–water partition coefficient (Wildman–Crippen LogP) is 2.26. The monoisotopic (exact) mass is 347 g/mol. The van der Waals surface area contributed by atoms with Gasteiger partial charge in [0.2, 0.25) is 0 Å². The van der Waals surface area contributed by atoms with Crippen LogP contribution in [0.15, 0.2) is 21.6 Å². The fourth-order valence-electron chi connectivity index (χ4n) is 1.98. The number of hydrogen-bond donors (Lipinski definition) is 1. The maximum Gasteiger partial charge on any atom is 0.191 e. The molecule has 0 aromatic heterocycles. The molecule has 1 aromatic rings. The molecule has 7 heteroatoms. The van der Waals surface area contributed by atoms with Gasteiger partial charge in [0.05, 0.1) is 19.3 Å². The molecule has 1 unspecified atom stereocenters. The van der Waals surface area contributed by atoms with Crippen molar-refractivity contribution < 1.29 is 13.5 Å². The smallest absolute Gasteiger partial charge is 0.191 e. The van der Waals surface area contributed by atoms with E-state index >= 15 is 0 Å². The van der Waals surface area contributed by atoms with Crippen molar-refractivity contribution in [2.45, 2.75) is 19.6 Å². The second-order valence-corrected chi connectivity index (χ2v) is 5.51. The highest BCUT2D eigenvalue weighted by Crippen LogP contribution is 2.21. The largest absolute Gasteiger partial charge is 0.375 e. The van der Waals surface area contributed by atoms with Crippen molar-refractivity contribution in [3.8, 4) is 0 Å². The van der Waals surface area contributed by atoms with Gasteiger partial charge in [-0.25, -0.2) is 13.8 Å². The van der Waals surface area contributed by atoms with Crippen LogP contribution < -0.4 is 5.73 Å². The molecule has 0 saturated carbocycles. The molecule has 4 nitrogen and oxygen atoms in total.